The molecule has 51 heavy (non-hydrogen) atoms. The highest BCUT2D eigenvalue weighted by Crippen LogP contribution is 2.33. The first-order chi connectivity index (χ1) is 24.4. The molecule has 1 aliphatic rings. The minimum Gasteiger partial charge on any atom is -0.423 e. The van der Waals surface area contributed by atoms with E-state index in [4.69, 9.17) is 20.2 Å². The number of rotatable bonds is 6. The standard InChI is InChI=1S/C17H15FN4OS.C10H9BrN4S.C7H6BFO2/c1-10-20-17(15-4-3-12(18)5-11(15)9-23)16(24-10)7-14-6-13(8-19)21-22(14)2;1-6-13-10(11)9(16-6)4-8-3-7(5-12)14-15(8)2;9-6-1-2-7-5(3-6)4-11-8(7)10/h3-6,23H,7,9H2,1-2H3;3H,4H2,1-2H3;1-3,10H,4H2. The third kappa shape index (κ3) is 9.20. The lowest BCUT2D eigenvalue weighted by Crippen LogP contribution is -2.27. The summed E-state index contributed by atoms with van der Waals surface area (Å²) in [5.74, 6) is -0.678. The van der Waals surface area contributed by atoms with Crippen LogP contribution in [0.15, 0.2) is 53.1 Å². The molecule has 6 aromatic rings. The first kappa shape index (κ1) is 37.6. The molecule has 0 amide bonds. The number of aliphatic hydroxyl groups is 1. The predicted molar refractivity (Wildman–Crippen MR) is 193 cm³/mol. The van der Waals surface area contributed by atoms with Crippen molar-refractivity contribution in [1.82, 2.24) is 29.5 Å². The second-order valence-corrected chi connectivity index (χ2v) is 14.6. The van der Waals surface area contributed by atoms with Crippen LogP contribution in [-0.4, -0.2) is 46.8 Å². The maximum Gasteiger partial charge on any atom is 0.491 e. The van der Waals surface area contributed by atoms with Gasteiger partial charge in [-0.3, -0.25) is 9.36 Å². The largest absolute Gasteiger partial charge is 0.491 e. The Morgan fingerprint density at radius 1 is 0.882 bits per heavy atom. The first-order valence-electron chi connectivity index (χ1n) is 15.3. The summed E-state index contributed by atoms with van der Waals surface area (Å²) in [6.07, 6.45) is 1.31. The molecule has 2 aromatic carbocycles. The molecule has 7 rings (SSSR count). The Labute approximate surface area is 309 Å². The summed E-state index contributed by atoms with van der Waals surface area (Å²) in [6, 6.07) is 16.2. The van der Waals surface area contributed by atoms with Gasteiger partial charge in [0.1, 0.15) is 28.4 Å². The molecule has 1 aliphatic heterocycles. The number of aromatic nitrogens is 6. The van der Waals surface area contributed by atoms with Gasteiger partial charge in [0.2, 0.25) is 0 Å². The molecule has 0 aliphatic carbocycles. The zero-order valence-electron chi connectivity index (χ0n) is 27.9. The fraction of sp³-hybridized carbons (Fsp3) is 0.235. The molecule has 0 radical (unpaired) electrons. The molecule has 260 valence electrons. The number of nitrogens with zero attached hydrogens (tertiary/aromatic N) is 8. The molecule has 17 heteroatoms. The van der Waals surface area contributed by atoms with Crippen LogP contribution < -0.4 is 5.46 Å². The second kappa shape index (κ2) is 16.6. The highest BCUT2D eigenvalue weighted by molar-refractivity contribution is 9.10. The molecule has 0 unspecified atom stereocenters. The van der Waals surface area contributed by atoms with Crippen molar-refractivity contribution in [2.45, 2.75) is 39.9 Å². The molecule has 5 heterocycles. The van der Waals surface area contributed by atoms with Crippen LogP contribution in [0.25, 0.3) is 11.3 Å². The average Bonchev–Trinajstić information content (AvgIpc) is 3.91. The van der Waals surface area contributed by atoms with Gasteiger partial charge in [0.25, 0.3) is 0 Å². The van der Waals surface area contributed by atoms with Crippen molar-refractivity contribution in [3.63, 3.8) is 0 Å². The van der Waals surface area contributed by atoms with Gasteiger partial charge >= 0.3 is 7.12 Å². The number of aryl methyl sites for hydroxylation is 4. The zero-order valence-corrected chi connectivity index (χ0v) is 31.1. The van der Waals surface area contributed by atoms with E-state index in [1.165, 1.54) is 24.3 Å². The highest BCUT2D eigenvalue weighted by atomic mass is 79.9. The third-order valence-corrected chi connectivity index (χ3v) is 10.5. The minimum atomic E-state index is -0.870. The van der Waals surface area contributed by atoms with Gasteiger partial charge in [-0.15, -0.1) is 22.7 Å². The van der Waals surface area contributed by atoms with E-state index in [0.29, 0.717) is 35.4 Å². The van der Waals surface area contributed by atoms with Crippen LogP contribution in [0.2, 0.25) is 0 Å². The van der Waals surface area contributed by atoms with Gasteiger partial charge in [-0.05, 0) is 88.8 Å². The van der Waals surface area contributed by atoms with E-state index in [0.717, 1.165) is 59.0 Å². The molecule has 0 atom stereocenters. The summed E-state index contributed by atoms with van der Waals surface area (Å²) >= 11 is 6.62. The lowest BCUT2D eigenvalue weighted by atomic mass is 9.80. The molecule has 0 spiro atoms. The lowest BCUT2D eigenvalue weighted by Gasteiger charge is -2.08. The number of fused-ring (bicyclic) bond motifs is 1. The van der Waals surface area contributed by atoms with E-state index >= 15 is 0 Å². The van der Waals surface area contributed by atoms with E-state index in [9.17, 15) is 13.9 Å². The van der Waals surface area contributed by atoms with Gasteiger partial charge in [0, 0.05) is 53.6 Å². The molecular weight excluding hydrogens is 761 g/mol. The smallest absolute Gasteiger partial charge is 0.423 e. The Morgan fingerprint density at radius 3 is 2.02 bits per heavy atom. The summed E-state index contributed by atoms with van der Waals surface area (Å²) < 4.78 is 35.1. The van der Waals surface area contributed by atoms with Crippen molar-refractivity contribution in [2.24, 2.45) is 14.1 Å². The SMILES string of the molecule is Cc1nc(-c2ccc(F)cc2CO)c(Cc2cc(C#N)nn2C)s1.Cc1nc(Br)c(Cc2cc(C#N)nn2C)s1.OB1OCc2cc(F)ccc21. The number of thiazole rings is 2. The minimum absolute atomic E-state index is 0.257. The van der Waals surface area contributed by atoms with Crippen LogP contribution >= 0.6 is 38.6 Å². The number of benzene rings is 2. The molecule has 0 saturated heterocycles. The Morgan fingerprint density at radius 2 is 1.45 bits per heavy atom. The summed E-state index contributed by atoms with van der Waals surface area (Å²) in [4.78, 5) is 11.0. The zero-order chi connectivity index (χ0) is 36.8. The van der Waals surface area contributed by atoms with Crippen LogP contribution in [-0.2, 0) is 44.8 Å². The summed E-state index contributed by atoms with van der Waals surface area (Å²) in [5, 5.41) is 46.5. The van der Waals surface area contributed by atoms with Gasteiger partial charge in [0.05, 0.1) is 28.9 Å². The number of aliphatic hydroxyl groups excluding tert-OH is 1. The third-order valence-electron chi connectivity index (χ3n) is 7.69. The van der Waals surface area contributed by atoms with Crippen LogP contribution in [0.5, 0.6) is 0 Å². The van der Waals surface area contributed by atoms with Crippen LogP contribution in [0.3, 0.4) is 0 Å². The summed E-state index contributed by atoms with van der Waals surface area (Å²) in [5.41, 5.74) is 6.10. The number of hydrogen-bond acceptors (Lipinski definition) is 11. The summed E-state index contributed by atoms with van der Waals surface area (Å²) in [6.45, 7) is 3.92. The van der Waals surface area contributed by atoms with E-state index in [1.54, 1.807) is 57.3 Å². The molecule has 0 saturated carbocycles. The van der Waals surface area contributed by atoms with Crippen molar-refractivity contribution < 1.29 is 23.6 Å². The second-order valence-electron chi connectivity index (χ2n) is 11.3. The van der Waals surface area contributed by atoms with Crippen molar-refractivity contribution in [1.29, 1.82) is 10.5 Å². The van der Waals surface area contributed by atoms with Crippen molar-refractivity contribution in [3.8, 4) is 23.4 Å². The van der Waals surface area contributed by atoms with Gasteiger partial charge in [-0.1, -0.05) is 6.07 Å². The molecule has 2 N–H and O–H groups in total. The fourth-order valence-corrected chi connectivity index (χ4v) is 7.83. The first-order valence-corrected chi connectivity index (χ1v) is 17.7. The predicted octanol–water partition coefficient (Wildman–Crippen LogP) is 5.40. The topological polar surface area (TPSA) is 159 Å². The maximum absolute atomic E-state index is 13.4. The molecule has 4 aromatic heterocycles. The van der Waals surface area contributed by atoms with Gasteiger partial charge in [-0.25, -0.2) is 18.7 Å². The van der Waals surface area contributed by atoms with Gasteiger partial charge in [-0.2, -0.15) is 20.7 Å². The monoisotopic (exact) mass is 790 g/mol. The normalized spacial score (nSPS) is 11.6. The highest BCUT2D eigenvalue weighted by Gasteiger charge is 2.27. The van der Waals surface area contributed by atoms with Gasteiger partial charge in [0.15, 0.2) is 11.4 Å². The Hall–Kier alpha value is -4.62. The number of halogens is 3. The van der Waals surface area contributed by atoms with Crippen LogP contribution in [0, 0.1) is 48.1 Å². The number of hydrogen-bond donors (Lipinski definition) is 2. The average molecular weight is 792 g/mol. The quantitative estimate of drug-likeness (QED) is 0.211. The van der Waals surface area contributed by atoms with Gasteiger partial charge < -0.3 is 14.8 Å². The number of nitriles is 2. The maximum atomic E-state index is 13.4. The fourth-order valence-electron chi connectivity index (χ4n) is 5.26. The van der Waals surface area contributed by atoms with Crippen LogP contribution in [0.4, 0.5) is 8.78 Å². The molecule has 0 bridgehead atoms. The van der Waals surface area contributed by atoms with Crippen LogP contribution in [0.1, 0.15) is 53.7 Å². The van der Waals surface area contributed by atoms with Crippen molar-refractivity contribution >= 4 is 51.2 Å². The molecular formula is C34H30BBrF2N8O3S2. The Balaban J connectivity index is 0.000000160. The van der Waals surface area contributed by atoms with E-state index < -0.39 is 7.12 Å². The van der Waals surface area contributed by atoms with Crippen molar-refractivity contribution in [2.75, 3.05) is 0 Å². The van der Waals surface area contributed by atoms with E-state index in [2.05, 4.69) is 36.1 Å². The van der Waals surface area contributed by atoms with E-state index in [-0.39, 0.29) is 18.2 Å². The van der Waals surface area contributed by atoms with E-state index in [1.807, 2.05) is 39.1 Å². The molecule has 0 fully saturated rings. The summed E-state index contributed by atoms with van der Waals surface area (Å²) in [7, 11) is 2.77. The Kier molecular flexibility index (Phi) is 12.3. The Bertz CT molecular complexity index is 2270. The lowest BCUT2D eigenvalue weighted by molar-refractivity contribution is 0.275. The van der Waals surface area contributed by atoms with Crippen molar-refractivity contribution in [3.05, 3.63) is 118 Å². The molecule has 11 nitrogen and oxygen atoms in total.